The maximum atomic E-state index is 5.70. The zero-order valence-corrected chi connectivity index (χ0v) is 12.9. The number of aryl methyl sites for hydroxylation is 1. The van der Waals surface area contributed by atoms with Crippen molar-refractivity contribution < 1.29 is 0 Å². The van der Waals surface area contributed by atoms with Crippen LogP contribution in [0.4, 0.5) is 5.69 Å². The van der Waals surface area contributed by atoms with Crippen LogP contribution in [0.1, 0.15) is 16.7 Å². The Balaban J connectivity index is 2.15. The van der Waals surface area contributed by atoms with Crippen molar-refractivity contribution in [3.8, 4) is 0 Å². The van der Waals surface area contributed by atoms with Crippen molar-refractivity contribution in [1.29, 1.82) is 0 Å². The van der Waals surface area contributed by atoms with Crippen LogP contribution in [0.3, 0.4) is 0 Å². The maximum Gasteiger partial charge on any atom is 0.0426 e. The number of benzene rings is 2. The largest absolute Gasteiger partial charge is 0.370 e. The van der Waals surface area contributed by atoms with Crippen LogP contribution in [0.5, 0.6) is 0 Å². The molecule has 0 aliphatic heterocycles. The fourth-order valence-corrected chi connectivity index (χ4v) is 2.59. The number of nitrogens with zero attached hydrogens (tertiary/aromatic N) is 1. The zero-order valence-electron chi connectivity index (χ0n) is 11.4. The average Bonchev–Trinajstić information content (AvgIpc) is 2.38. The molecule has 0 atom stereocenters. The number of anilines is 1. The second-order valence-corrected chi connectivity index (χ2v) is 5.72. The van der Waals surface area contributed by atoms with Crippen LogP contribution in [0, 0.1) is 6.92 Å². The van der Waals surface area contributed by atoms with E-state index in [2.05, 4.69) is 71.2 Å². The van der Waals surface area contributed by atoms with E-state index in [0.717, 1.165) is 11.0 Å². The zero-order chi connectivity index (χ0) is 13.8. The highest BCUT2D eigenvalue weighted by molar-refractivity contribution is 9.10. The molecule has 0 aliphatic carbocycles. The normalized spacial score (nSPS) is 10.5. The molecule has 0 saturated heterocycles. The van der Waals surface area contributed by atoms with Gasteiger partial charge in [0, 0.05) is 30.3 Å². The molecule has 0 aliphatic rings. The van der Waals surface area contributed by atoms with Crippen molar-refractivity contribution in [1.82, 2.24) is 0 Å². The van der Waals surface area contributed by atoms with Gasteiger partial charge in [0.2, 0.25) is 0 Å². The summed E-state index contributed by atoms with van der Waals surface area (Å²) in [6, 6.07) is 14.8. The first-order valence-corrected chi connectivity index (χ1v) is 7.14. The van der Waals surface area contributed by atoms with Gasteiger partial charge in [0.25, 0.3) is 0 Å². The van der Waals surface area contributed by atoms with Gasteiger partial charge in [0.05, 0.1) is 0 Å². The maximum absolute atomic E-state index is 5.70. The molecule has 0 heterocycles. The highest BCUT2D eigenvalue weighted by Gasteiger charge is 2.05. The lowest BCUT2D eigenvalue weighted by Gasteiger charge is -2.21. The molecule has 2 aromatic carbocycles. The molecule has 0 amide bonds. The third-order valence-corrected chi connectivity index (χ3v) is 3.79. The Labute approximate surface area is 123 Å². The Hall–Kier alpha value is -1.32. The van der Waals surface area contributed by atoms with Gasteiger partial charge >= 0.3 is 0 Å². The van der Waals surface area contributed by atoms with Gasteiger partial charge in [-0.1, -0.05) is 34.1 Å². The van der Waals surface area contributed by atoms with E-state index < -0.39 is 0 Å². The Kier molecular flexibility index (Phi) is 4.61. The van der Waals surface area contributed by atoms with E-state index in [-0.39, 0.29) is 0 Å². The first-order valence-electron chi connectivity index (χ1n) is 6.35. The number of nitrogens with two attached hydrogens (primary N) is 1. The molecule has 0 bridgehead atoms. The summed E-state index contributed by atoms with van der Waals surface area (Å²) in [5, 5.41) is 0. The molecule has 0 saturated carbocycles. The smallest absolute Gasteiger partial charge is 0.0426 e. The van der Waals surface area contributed by atoms with E-state index in [1.807, 2.05) is 6.07 Å². The van der Waals surface area contributed by atoms with Crippen LogP contribution in [0.25, 0.3) is 0 Å². The van der Waals surface area contributed by atoms with Crippen LogP contribution in [0.15, 0.2) is 46.9 Å². The van der Waals surface area contributed by atoms with Crippen molar-refractivity contribution >= 4 is 21.6 Å². The lowest BCUT2D eigenvalue weighted by atomic mass is 10.1. The third kappa shape index (κ3) is 3.58. The minimum atomic E-state index is 0.599. The number of rotatable bonds is 4. The summed E-state index contributed by atoms with van der Waals surface area (Å²) in [4.78, 5) is 2.25. The second-order valence-electron chi connectivity index (χ2n) is 4.80. The number of hydrogen-bond acceptors (Lipinski definition) is 2. The lowest BCUT2D eigenvalue weighted by molar-refractivity contribution is 0.918. The quantitative estimate of drug-likeness (QED) is 0.927. The molecule has 0 aromatic heterocycles. The molecule has 2 aromatic rings. The van der Waals surface area contributed by atoms with E-state index in [1.54, 1.807) is 0 Å². The van der Waals surface area contributed by atoms with E-state index in [4.69, 9.17) is 5.73 Å². The van der Waals surface area contributed by atoms with E-state index >= 15 is 0 Å². The minimum absolute atomic E-state index is 0.599. The second kappa shape index (κ2) is 6.22. The van der Waals surface area contributed by atoms with Crippen molar-refractivity contribution in [2.45, 2.75) is 20.0 Å². The van der Waals surface area contributed by atoms with Crippen LogP contribution in [-0.2, 0) is 13.1 Å². The van der Waals surface area contributed by atoms with E-state index in [0.29, 0.717) is 6.54 Å². The van der Waals surface area contributed by atoms with Gasteiger partial charge in [-0.05, 0) is 47.9 Å². The summed E-state index contributed by atoms with van der Waals surface area (Å²) >= 11 is 3.51. The summed E-state index contributed by atoms with van der Waals surface area (Å²) in [5.74, 6) is 0. The molecule has 19 heavy (non-hydrogen) atoms. The summed E-state index contributed by atoms with van der Waals surface area (Å²) < 4.78 is 1.12. The fraction of sp³-hybridized carbons (Fsp3) is 0.250. The molecule has 3 heteroatoms. The highest BCUT2D eigenvalue weighted by atomic mass is 79.9. The lowest BCUT2D eigenvalue weighted by Crippen LogP contribution is -2.16. The summed E-state index contributed by atoms with van der Waals surface area (Å²) in [6.07, 6.45) is 0. The van der Waals surface area contributed by atoms with E-state index in [1.165, 1.54) is 22.4 Å². The fourth-order valence-electron chi connectivity index (χ4n) is 2.15. The molecule has 100 valence electrons. The van der Waals surface area contributed by atoms with Gasteiger partial charge in [0.15, 0.2) is 0 Å². The summed E-state index contributed by atoms with van der Waals surface area (Å²) in [6.45, 7) is 3.60. The van der Waals surface area contributed by atoms with Crippen molar-refractivity contribution in [2.75, 3.05) is 11.9 Å². The van der Waals surface area contributed by atoms with Crippen LogP contribution in [-0.4, -0.2) is 7.05 Å². The molecule has 0 radical (unpaired) electrons. The summed E-state index contributed by atoms with van der Waals surface area (Å²) in [5.41, 5.74) is 10.7. The monoisotopic (exact) mass is 318 g/mol. The molecule has 2 N–H and O–H groups in total. The van der Waals surface area contributed by atoms with Crippen LogP contribution >= 0.6 is 15.9 Å². The Morgan fingerprint density at radius 2 is 1.95 bits per heavy atom. The van der Waals surface area contributed by atoms with Crippen LogP contribution in [0.2, 0.25) is 0 Å². The first-order chi connectivity index (χ1) is 9.10. The summed E-state index contributed by atoms with van der Waals surface area (Å²) in [7, 11) is 2.11. The molecule has 0 fully saturated rings. The molecule has 2 nitrogen and oxygen atoms in total. The van der Waals surface area contributed by atoms with Gasteiger partial charge in [-0.3, -0.25) is 0 Å². The molecule has 0 unspecified atom stereocenters. The Morgan fingerprint density at radius 1 is 1.16 bits per heavy atom. The predicted molar refractivity (Wildman–Crippen MR) is 85.3 cm³/mol. The predicted octanol–water partition coefficient (Wildman–Crippen LogP) is 3.85. The molecule has 2 rings (SSSR count). The van der Waals surface area contributed by atoms with Crippen molar-refractivity contribution in [3.63, 3.8) is 0 Å². The van der Waals surface area contributed by atoms with Crippen molar-refractivity contribution in [2.24, 2.45) is 5.73 Å². The van der Waals surface area contributed by atoms with Gasteiger partial charge in [-0.15, -0.1) is 0 Å². The Bertz CT molecular complexity index is 566. The van der Waals surface area contributed by atoms with Gasteiger partial charge in [-0.2, -0.15) is 0 Å². The topological polar surface area (TPSA) is 29.3 Å². The number of halogens is 1. The van der Waals surface area contributed by atoms with Gasteiger partial charge in [-0.25, -0.2) is 0 Å². The van der Waals surface area contributed by atoms with Crippen molar-refractivity contribution in [3.05, 3.63) is 63.6 Å². The third-order valence-electron chi connectivity index (χ3n) is 3.30. The first kappa shape index (κ1) is 14.1. The van der Waals surface area contributed by atoms with E-state index in [9.17, 15) is 0 Å². The highest BCUT2D eigenvalue weighted by Crippen LogP contribution is 2.20. The molecule has 0 spiro atoms. The number of hydrogen-bond donors (Lipinski definition) is 1. The Morgan fingerprint density at radius 3 is 2.58 bits per heavy atom. The van der Waals surface area contributed by atoms with Gasteiger partial charge < -0.3 is 10.6 Å². The van der Waals surface area contributed by atoms with Gasteiger partial charge in [0.1, 0.15) is 0 Å². The molecular formula is C16H19BrN2. The van der Waals surface area contributed by atoms with Crippen LogP contribution < -0.4 is 10.6 Å². The standard InChI is InChI=1S/C16H19BrN2/c1-12-8-16(7-6-14(12)10-18)19(2)11-13-4-3-5-15(17)9-13/h3-9H,10-11,18H2,1-2H3. The SMILES string of the molecule is Cc1cc(N(C)Cc2cccc(Br)c2)ccc1CN. The molecular weight excluding hydrogens is 300 g/mol. The minimum Gasteiger partial charge on any atom is -0.370 e. The average molecular weight is 319 g/mol.